The molecule has 0 bridgehead atoms. The van der Waals surface area contributed by atoms with Crippen LogP contribution in [-0.4, -0.2) is 41.1 Å². The number of carbonyl (C=O) groups excluding carboxylic acids is 1. The van der Waals surface area contributed by atoms with Crippen LogP contribution < -0.4 is 4.90 Å². The van der Waals surface area contributed by atoms with Gasteiger partial charge >= 0.3 is 0 Å². The molecule has 1 atom stereocenters. The van der Waals surface area contributed by atoms with Crippen molar-refractivity contribution >= 4 is 11.7 Å². The van der Waals surface area contributed by atoms with Crippen LogP contribution >= 0.6 is 0 Å². The molecule has 150 valence electrons. The monoisotopic (exact) mass is 390 g/mol. The molecular weight excluding hydrogens is 364 g/mol. The van der Waals surface area contributed by atoms with Crippen LogP contribution in [0.4, 0.5) is 5.82 Å². The van der Waals surface area contributed by atoms with Gasteiger partial charge in [0.25, 0.3) is 5.91 Å². The standard InChI is InChI=1S/C23H26N4O2/c1-26(17-21-12-15-29-25-21)22-10-9-20(16-24-22)23(28)27-13-5-8-19(11-14-27)18-6-3-2-4-7-18/h2-4,6-7,9-10,12,15-16,19H,5,8,11,13-14,17H2,1H3/t19-/m1/s1. The number of hydrogen-bond acceptors (Lipinski definition) is 5. The molecule has 3 aromatic rings. The van der Waals surface area contributed by atoms with E-state index in [9.17, 15) is 4.79 Å². The molecule has 0 spiro atoms. The molecular formula is C23H26N4O2. The van der Waals surface area contributed by atoms with Gasteiger partial charge in [-0.05, 0) is 42.9 Å². The van der Waals surface area contributed by atoms with Crippen molar-refractivity contribution in [1.82, 2.24) is 15.0 Å². The molecule has 0 unspecified atom stereocenters. The van der Waals surface area contributed by atoms with Crippen molar-refractivity contribution in [3.63, 3.8) is 0 Å². The molecule has 1 aromatic carbocycles. The van der Waals surface area contributed by atoms with Crippen LogP contribution in [0.2, 0.25) is 0 Å². The first-order chi connectivity index (χ1) is 14.2. The third-order valence-electron chi connectivity index (χ3n) is 5.56. The molecule has 0 aliphatic carbocycles. The number of pyridine rings is 1. The summed E-state index contributed by atoms with van der Waals surface area (Å²) in [6.45, 7) is 2.19. The lowest BCUT2D eigenvalue weighted by molar-refractivity contribution is 0.0760. The summed E-state index contributed by atoms with van der Waals surface area (Å²) in [4.78, 5) is 21.4. The number of carbonyl (C=O) groups is 1. The molecule has 0 saturated carbocycles. The molecule has 6 nitrogen and oxygen atoms in total. The molecule has 2 aromatic heterocycles. The van der Waals surface area contributed by atoms with Crippen LogP contribution in [0, 0.1) is 0 Å². The quantitative estimate of drug-likeness (QED) is 0.656. The Kier molecular flexibility index (Phi) is 5.89. The summed E-state index contributed by atoms with van der Waals surface area (Å²) in [5.74, 6) is 1.39. The summed E-state index contributed by atoms with van der Waals surface area (Å²) in [6, 6.07) is 16.2. The lowest BCUT2D eigenvalue weighted by Crippen LogP contribution is -2.32. The highest BCUT2D eigenvalue weighted by Crippen LogP contribution is 2.28. The SMILES string of the molecule is CN(Cc1ccon1)c1ccc(C(=O)N2CCC[C@@H](c3ccccc3)CC2)cn1. The maximum atomic E-state index is 13.0. The molecule has 4 rings (SSSR count). The lowest BCUT2D eigenvalue weighted by atomic mass is 9.92. The van der Waals surface area contributed by atoms with Crippen LogP contribution in [-0.2, 0) is 6.54 Å². The van der Waals surface area contributed by atoms with E-state index in [4.69, 9.17) is 4.52 Å². The largest absolute Gasteiger partial charge is 0.364 e. The van der Waals surface area contributed by atoms with Crippen molar-refractivity contribution in [1.29, 1.82) is 0 Å². The highest BCUT2D eigenvalue weighted by atomic mass is 16.5. The molecule has 1 aliphatic rings. The van der Waals surface area contributed by atoms with Crippen molar-refractivity contribution in [2.24, 2.45) is 0 Å². The van der Waals surface area contributed by atoms with E-state index in [2.05, 4.69) is 40.5 Å². The van der Waals surface area contributed by atoms with Crippen LogP contribution in [0.25, 0.3) is 0 Å². The zero-order chi connectivity index (χ0) is 20.1. The maximum absolute atomic E-state index is 13.0. The van der Waals surface area contributed by atoms with E-state index in [1.54, 1.807) is 12.5 Å². The second-order valence-electron chi connectivity index (χ2n) is 7.58. The van der Waals surface area contributed by atoms with Crippen LogP contribution in [0.15, 0.2) is 65.5 Å². The third-order valence-corrected chi connectivity index (χ3v) is 5.56. The van der Waals surface area contributed by atoms with Gasteiger partial charge in [0.1, 0.15) is 17.8 Å². The molecule has 1 saturated heterocycles. The average molecular weight is 390 g/mol. The zero-order valence-corrected chi connectivity index (χ0v) is 16.7. The van der Waals surface area contributed by atoms with E-state index < -0.39 is 0 Å². The average Bonchev–Trinajstić information content (AvgIpc) is 3.15. The Hall–Kier alpha value is -3.15. The van der Waals surface area contributed by atoms with E-state index in [1.807, 2.05) is 35.0 Å². The summed E-state index contributed by atoms with van der Waals surface area (Å²) >= 11 is 0. The molecule has 0 radical (unpaired) electrons. The molecule has 1 amide bonds. The number of nitrogens with zero attached hydrogens (tertiary/aromatic N) is 4. The smallest absolute Gasteiger partial charge is 0.255 e. The Morgan fingerprint density at radius 3 is 2.72 bits per heavy atom. The minimum absolute atomic E-state index is 0.0666. The van der Waals surface area contributed by atoms with Gasteiger partial charge in [0.15, 0.2) is 0 Å². The fourth-order valence-electron chi connectivity index (χ4n) is 3.92. The summed E-state index contributed by atoms with van der Waals surface area (Å²) in [7, 11) is 1.94. The molecule has 1 aliphatic heterocycles. The van der Waals surface area contributed by atoms with E-state index in [0.29, 0.717) is 18.0 Å². The highest BCUT2D eigenvalue weighted by molar-refractivity contribution is 5.94. The highest BCUT2D eigenvalue weighted by Gasteiger charge is 2.22. The molecule has 3 heterocycles. The molecule has 29 heavy (non-hydrogen) atoms. The van der Waals surface area contributed by atoms with Gasteiger partial charge in [-0.15, -0.1) is 0 Å². The fourth-order valence-corrected chi connectivity index (χ4v) is 3.92. The van der Waals surface area contributed by atoms with Crippen molar-refractivity contribution in [2.45, 2.75) is 31.7 Å². The summed E-state index contributed by atoms with van der Waals surface area (Å²) < 4.78 is 4.87. The first-order valence-electron chi connectivity index (χ1n) is 10.1. The van der Waals surface area contributed by atoms with Crippen molar-refractivity contribution in [3.05, 3.63) is 77.8 Å². The number of likely N-dealkylation sites (tertiary alicyclic amines) is 1. The van der Waals surface area contributed by atoms with Gasteiger partial charge in [0, 0.05) is 32.4 Å². The van der Waals surface area contributed by atoms with Crippen LogP contribution in [0.5, 0.6) is 0 Å². The van der Waals surface area contributed by atoms with E-state index in [-0.39, 0.29) is 5.91 Å². The van der Waals surface area contributed by atoms with E-state index >= 15 is 0 Å². The molecule has 6 heteroatoms. The third kappa shape index (κ3) is 4.65. The molecule has 0 N–H and O–H groups in total. The number of aromatic nitrogens is 2. The van der Waals surface area contributed by atoms with Gasteiger partial charge in [-0.25, -0.2) is 4.98 Å². The Balaban J connectivity index is 1.37. The van der Waals surface area contributed by atoms with Gasteiger partial charge in [-0.1, -0.05) is 35.5 Å². The van der Waals surface area contributed by atoms with Gasteiger partial charge in [0.05, 0.1) is 12.1 Å². The van der Waals surface area contributed by atoms with E-state index in [1.165, 1.54) is 5.56 Å². The first kappa shape index (κ1) is 19.2. The predicted octanol–water partition coefficient (Wildman–Crippen LogP) is 4.12. The van der Waals surface area contributed by atoms with Crippen molar-refractivity contribution in [3.8, 4) is 0 Å². The number of anilines is 1. The maximum Gasteiger partial charge on any atom is 0.255 e. The topological polar surface area (TPSA) is 62.5 Å². The second kappa shape index (κ2) is 8.90. The van der Waals surface area contributed by atoms with Gasteiger partial charge < -0.3 is 14.3 Å². The van der Waals surface area contributed by atoms with Gasteiger partial charge in [0.2, 0.25) is 0 Å². The Bertz CT molecular complexity index is 910. The summed E-state index contributed by atoms with van der Waals surface area (Å²) in [5.41, 5.74) is 2.86. The fraction of sp³-hybridized carbons (Fsp3) is 0.348. The van der Waals surface area contributed by atoms with Gasteiger partial charge in [-0.3, -0.25) is 4.79 Å². The minimum atomic E-state index is 0.0666. The van der Waals surface area contributed by atoms with E-state index in [0.717, 1.165) is 43.9 Å². The first-order valence-corrected chi connectivity index (χ1v) is 10.1. The van der Waals surface area contributed by atoms with Crippen molar-refractivity contribution in [2.75, 3.05) is 25.0 Å². The summed E-state index contributed by atoms with van der Waals surface area (Å²) in [6.07, 6.45) is 6.38. The summed E-state index contributed by atoms with van der Waals surface area (Å²) in [5, 5.41) is 3.92. The Morgan fingerprint density at radius 1 is 1.14 bits per heavy atom. The number of amides is 1. The van der Waals surface area contributed by atoms with Crippen LogP contribution in [0.1, 0.15) is 46.8 Å². The minimum Gasteiger partial charge on any atom is -0.364 e. The number of rotatable bonds is 5. The number of hydrogen-bond donors (Lipinski definition) is 0. The van der Waals surface area contributed by atoms with Gasteiger partial charge in [-0.2, -0.15) is 0 Å². The zero-order valence-electron chi connectivity index (χ0n) is 16.7. The molecule has 1 fully saturated rings. The second-order valence-corrected chi connectivity index (χ2v) is 7.58. The Morgan fingerprint density at radius 2 is 2.00 bits per heavy atom. The van der Waals surface area contributed by atoms with Crippen molar-refractivity contribution < 1.29 is 9.32 Å². The normalized spacial score (nSPS) is 17.0. The number of benzene rings is 1. The lowest BCUT2D eigenvalue weighted by Gasteiger charge is -2.21. The van der Waals surface area contributed by atoms with Crippen LogP contribution in [0.3, 0.4) is 0 Å². The Labute approximate surface area is 171 Å². The predicted molar refractivity (Wildman–Crippen MR) is 112 cm³/mol.